The smallest absolute Gasteiger partial charge is 0.381 e. The van der Waals surface area contributed by atoms with E-state index in [1.54, 1.807) is 6.92 Å². The van der Waals surface area contributed by atoms with Crippen LogP contribution in [0, 0.1) is 0 Å². The fourth-order valence-electron chi connectivity index (χ4n) is 1.95. The summed E-state index contributed by atoms with van der Waals surface area (Å²) in [5.41, 5.74) is -0.946. The third-order valence-electron chi connectivity index (χ3n) is 2.92. The summed E-state index contributed by atoms with van der Waals surface area (Å²) in [5, 5.41) is 5.73. The maximum atomic E-state index is 12.8. The summed E-state index contributed by atoms with van der Waals surface area (Å²) < 4.78 is 43.6. The van der Waals surface area contributed by atoms with Crippen molar-refractivity contribution in [3.05, 3.63) is 11.8 Å². The average molecular weight is 290 g/mol. The van der Waals surface area contributed by atoms with Crippen molar-refractivity contribution in [1.29, 1.82) is 0 Å². The van der Waals surface area contributed by atoms with E-state index in [4.69, 9.17) is 4.74 Å². The van der Waals surface area contributed by atoms with Crippen LogP contribution in [0.2, 0.25) is 0 Å². The van der Waals surface area contributed by atoms with E-state index < -0.39 is 11.9 Å². The largest absolute Gasteiger partial charge is 0.433 e. The fraction of sp³-hybridized carbons (Fsp3) is 0.667. The van der Waals surface area contributed by atoms with Gasteiger partial charge in [0.05, 0.1) is 0 Å². The van der Waals surface area contributed by atoms with Gasteiger partial charge in [0.2, 0.25) is 5.95 Å². The Kier molecular flexibility index (Phi) is 4.64. The van der Waals surface area contributed by atoms with E-state index in [2.05, 4.69) is 20.6 Å². The molecular weight excluding hydrogens is 273 g/mol. The van der Waals surface area contributed by atoms with E-state index >= 15 is 0 Å². The predicted molar refractivity (Wildman–Crippen MR) is 68.7 cm³/mol. The van der Waals surface area contributed by atoms with Crippen molar-refractivity contribution < 1.29 is 17.9 Å². The lowest BCUT2D eigenvalue weighted by atomic mass is 10.1. The quantitative estimate of drug-likeness (QED) is 0.892. The van der Waals surface area contributed by atoms with Gasteiger partial charge in [-0.25, -0.2) is 4.98 Å². The maximum Gasteiger partial charge on any atom is 0.433 e. The van der Waals surface area contributed by atoms with Crippen LogP contribution in [0.1, 0.15) is 25.5 Å². The van der Waals surface area contributed by atoms with Crippen molar-refractivity contribution in [2.24, 2.45) is 0 Å². The Bertz CT molecular complexity index is 447. The van der Waals surface area contributed by atoms with Crippen LogP contribution in [0.25, 0.3) is 0 Å². The molecule has 2 heterocycles. The molecule has 2 rings (SSSR count). The fourth-order valence-corrected chi connectivity index (χ4v) is 1.95. The zero-order chi connectivity index (χ0) is 14.6. The van der Waals surface area contributed by atoms with Crippen LogP contribution in [-0.2, 0) is 10.9 Å². The van der Waals surface area contributed by atoms with Gasteiger partial charge in [0, 0.05) is 31.9 Å². The van der Waals surface area contributed by atoms with Crippen molar-refractivity contribution in [1.82, 2.24) is 9.97 Å². The van der Waals surface area contributed by atoms with Crippen LogP contribution in [-0.4, -0.2) is 35.8 Å². The molecule has 112 valence electrons. The zero-order valence-electron chi connectivity index (χ0n) is 11.1. The van der Waals surface area contributed by atoms with Crippen LogP contribution in [0.4, 0.5) is 24.9 Å². The second-order valence-electron chi connectivity index (χ2n) is 4.52. The Hall–Kier alpha value is -1.57. The number of alkyl halides is 3. The summed E-state index contributed by atoms with van der Waals surface area (Å²) in [6.07, 6.45) is -2.98. The molecule has 1 saturated heterocycles. The highest BCUT2D eigenvalue weighted by atomic mass is 19.4. The lowest BCUT2D eigenvalue weighted by Gasteiger charge is -2.24. The number of nitrogens with zero attached hydrogens (tertiary/aromatic N) is 2. The molecule has 0 aromatic carbocycles. The Morgan fingerprint density at radius 3 is 2.60 bits per heavy atom. The van der Waals surface area contributed by atoms with Gasteiger partial charge in [0.25, 0.3) is 0 Å². The van der Waals surface area contributed by atoms with Gasteiger partial charge < -0.3 is 15.4 Å². The van der Waals surface area contributed by atoms with E-state index in [0.717, 1.165) is 18.9 Å². The number of aromatic nitrogens is 2. The number of anilines is 2. The number of hydrogen-bond acceptors (Lipinski definition) is 5. The monoisotopic (exact) mass is 290 g/mol. The molecule has 0 atom stereocenters. The summed E-state index contributed by atoms with van der Waals surface area (Å²) >= 11 is 0. The first-order valence-electron chi connectivity index (χ1n) is 6.53. The van der Waals surface area contributed by atoms with E-state index in [1.807, 2.05) is 0 Å². The topological polar surface area (TPSA) is 59.1 Å². The van der Waals surface area contributed by atoms with Crippen molar-refractivity contribution in [3.63, 3.8) is 0 Å². The van der Waals surface area contributed by atoms with Gasteiger partial charge in [0.15, 0.2) is 5.69 Å². The minimum Gasteiger partial charge on any atom is -0.381 e. The van der Waals surface area contributed by atoms with Gasteiger partial charge in [-0.3, -0.25) is 0 Å². The lowest BCUT2D eigenvalue weighted by Crippen LogP contribution is -2.28. The van der Waals surface area contributed by atoms with Gasteiger partial charge in [-0.1, -0.05) is 0 Å². The predicted octanol–water partition coefficient (Wildman–Crippen LogP) is 2.52. The van der Waals surface area contributed by atoms with Crippen molar-refractivity contribution >= 4 is 11.8 Å². The Labute approximate surface area is 114 Å². The van der Waals surface area contributed by atoms with Gasteiger partial charge >= 0.3 is 6.18 Å². The van der Waals surface area contributed by atoms with Crippen LogP contribution >= 0.6 is 0 Å². The Morgan fingerprint density at radius 1 is 1.30 bits per heavy atom. The van der Waals surface area contributed by atoms with Crippen molar-refractivity contribution in [3.8, 4) is 0 Å². The van der Waals surface area contributed by atoms with E-state index in [0.29, 0.717) is 19.8 Å². The summed E-state index contributed by atoms with van der Waals surface area (Å²) in [5.74, 6) is 0.173. The van der Waals surface area contributed by atoms with Crippen LogP contribution in [0.3, 0.4) is 0 Å². The molecule has 0 unspecified atom stereocenters. The molecule has 2 N–H and O–H groups in total. The molecule has 0 amide bonds. The SMILES string of the molecule is CCNc1nc(NC2CCOCC2)cc(C(F)(F)F)n1. The molecule has 20 heavy (non-hydrogen) atoms. The molecule has 1 aliphatic heterocycles. The van der Waals surface area contributed by atoms with E-state index in [9.17, 15) is 13.2 Å². The van der Waals surface area contributed by atoms with Crippen LogP contribution in [0.15, 0.2) is 6.07 Å². The highest BCUT2D eigenvalue weighted by Gasteiger charge is 2.34. The molecule has 5 nitrogen and oxygen atoms in total. The molecule has 0 aliphatic carbocycles. The molecule has 1 aromatic rings. The lowest BCUT2D eigenvalue weighted by molar-refractivity contribution is -0.141. The molecule has 8 heteroatoms. The average Bonchev–Trinajstić information content (AvgIpc) is 2.39. The van der Waals surface area contributed by atoms with Gasteiger partial charge in [-0.15, -0.1) is 0 Å². The molecule has 1 aromatic heterocycles. The normalized spacial score (nSPS) is 17.0. The third kappa shape index (κ3) is 3.96. The molecule has 0 radical (unpaired) electrons. The molecule has 0 spiro atoms. The van der Waals surface area contributed by atoms with Crippen LogP contribution in [0.5, 0.6) is 0 Å². The second kappa shape index (κ2) is 6.25. The minimum atomic E-state index is -4.49. The molecule has 0 saturated carbocycles. The summed E-state index contributed by atoms with van der Waals surface area (Å²) in [6, 6.07) is 1.02. The number of hydrogen-bond donors (Lipinski definition) is 2. The summed E-state index contributed by atoms with van der Waals surface area (Å²) in [6.45, 7) is 3.44. The number of nitrogens with one attached hydrogen (secondary N) is 2. The molecule has 1 fully saturated rings. The first-order valence-corrected chi connectivity index (χ1v) is 6.53. The Morgan fingerprint density at radius 2 is 2.00 bits per heavy atom. The Balaban J connectivity index is 2.19. The summed E-state index contributed by atoms with van der Waals surface area (Å²) in [7, 11) is 0. The minimum absolute atomic E-state index is 0.0168. The first-order chi connectivity index (χ1) is 9.49. The van der Waals surface area contributed by atoms with E-state index in [-0.39, 0.29) is 17.8 Å². The van der Waals surface area contributed by atoms with Crippen LogP contribution < -0.4 is 10.6 Å². The number of halogens is 3. The molecule has 1 aliphatic rings. The second-order valence-corrected chi connectivity index (χ2v) is 4.52. The van der Waals surface area contributed by atoms with Gasteiger partial charge in [-0.2, -0.15) is 18.2 Å². The van der Waals surface area contributed by atoms with Crippen molar-refractivity contribution in [2.45, 2.75) is 32.0 Å². The molecule has 0 bridgehead atoms. The number of rotatable bonds is 4. The third-order valence-corrected chi connectivity index (χ3v) is 2.92. The number of ether oxygens (including phenoxy) is 1. The first kappa shape index (κ1) is 14.8. The van der Waals surface area contributed by atoms with E-state index in [1.165, 1.54) is 0 Å². The van der Waals surface area contributed by atoms with Gasteiger partial charge in [0.1, 0.15) is 5.82 Å². The maximum absolute atomic E-state index is 12.8. The standard InChI is InChI=1S/C12H17F3N4O/c1-2-16-11-18-9(12(13,14)15)7-10(19-11)17-8-3-5-20-6-4-8/h7-8H,2-6H2,1H3,(H2,16,17,18,19). The highest BCUT2D eigenvalue weighted by Crippen LogP contribution is 2.30. The molecular formula is C12H17F3N4O. The zero-order valence-corrected chi connectivity index (χ0v) is 11.1. The van der Waals surface area contributed by atoms with Gasteiger partial charge in [-0.05, 0) is 19.8 Å². The highest BCUT2D eigenvalue weighted by molar-refractivity contribution is 5.43. The van der Waals surface area contributed by atoms with Crippen molar-refractivity contribution in [2.75, 3.05) is 30.4 Å². The summed E-state index contributed by atoms with van der Waals surface area (Å²) in [4.78, 5) is 7.53.